The van der Waals surface area contributed by atoms with Gasteiger partial charge in [0.2, 0.25) is 0 Å². The van der Waals surface area contributed by atoms with E-state index in [-0.39, 0.29) is 12.8 Å². The van der Waals surface area contributed by atoms with Crippen LogP contribution in [0.25, 0.3) is 0 Å². The van der Waals surface area contributed by atoms with E-state index < -0.39 is 18.1 Å². The fourth-order valence-corrected chi connectivity index (χ4v) is 1.95. The molecule has 1 rings (SSSR count). The number of hydrogen-bond acceptors (Lipinski definition) is 3. The molecule has 19 heavy (non-hydrogen) atoms. The number of benzene rings is 1. The molecule has 1 aromatic carbocycles. The first-order valence-corrected chi connectivity index (χ1v) is 6.71. The van der Waals surface area contributed by atoms with E-state index in [1.165, 1.54) is 5.56 Å². The van der Waals surface area contributed by atoms with Crippen LogP contribution >= 0.6 is 0 Å². The van der Waals surface area contributed by atoms with Crippen molar-refractivity contribution in [1.29, 1.82) is 0 Å². The number of carboxylic acids is 1. The van der Waals surface area contributed by atoms with Gasteiger partial charge in [0.15, 0.2) is 0 Å². The van der Waals surface area contributed by atoms with Crippen molar-refractivity contribution >= 4 is 5.97 Å². The number of carboxylic acid groups (broad SMARTS) is 1. The molecule has 0 aliphatic rings. The van der Waals surface area contributed by atoms with Crippen molar-refractivity contribution in [3.8, 4) is 0 Å². The molecule has 0 aromatic heterocycles. The Morgan fingerprint density at radius 3 is 2.26 bits per heavy atom. The van der Waals surface area contributed by atoms with Crippen LogP contribution < -0.4 is 5.73 Å². The summed E-state index contributed by atoms with van der Waals surface area (Å²) in [6, 6.07) is 7.18. The quantitative estimate of drug-likeness (QED) is 0.707. The summed E-state index contributed by atoms with van der Waals surface area (Å²) < 4.78 is 0. The second-order valence-corrected chi connectivity index (χ2v) is 5.02. The van der Waals surface area contributed by atoms with Crippen LogP contribution in [0, 0.1) is 0 Å². The van der Waals surface area contributed by atoms with Crippen LogP contribution in [-0.4, -0.2) is 22.2 Å². The van der Waals surface area contributed by atoms with Gasteiger partial charge in [-0.05, 0) is 29.9 Å². The van der Waals surface area contributed by atoms with Crippen molar-refractivity contribution in [3.05, 3.63) is 35.4 Å². The number of carbonyl (C=O) groups is 1. The predicted molar refractivity (Wildman–Crippen MR) is 75.0 cm³/mol. The summed E-state index contributed by atoms with van der Waals surface area (Å²) in [5.74, 6) is -0.401. The number of rotatable bonds is 7. The summed E-state index contributed by atoms with van der Waals surface area (Å²) in [5.41, 5.74) is 7.78. The first-order chi connectivity index (χ1) is 8.95. The molecule has 4 N–H and O–H groups in total. The Morgan fingerprint density at radius 1 is 1.26 bits per heavy atom. The van der Waals surface area contributed by atoms with Crippen LogP contribution in [0.4, 0.5) is 0 Å². The van der Waals surface area contributed by atoms with Gasteiger partial charge < -0.3 is 15.9 Å². The molecule has 0 spiro atoms. The van der Waals surface area contributed by atoms with Gasteiger partial charge in [0.05, 0.1) is 6.10 Å². The van der Waals surface area contributed by atoms with Crippen LogP contribution in [0.15, 0.2) is 24.3 Å². The Balaban J connectivity index is 2.66. The lowest BCUT2D eigenvalue weighted by Gasteiger charge is -2.19. The van der Waals surface area contributed by atoms with Crippen LogP contribution in [0.3, 0.4) is 0 Å². The van der Waals surface area contributed by atoms with Crippen LogP contribution in [-0.2, 0) is 4.79 Å². The van der Waals surface area contributed by atoms with E-state index in [4.69, 9.17) is 10.8 Å². The predicted octanol–water partition coefficient (Wildman–Crippen LogP) is 2.43. The SMILES string of the molecule is CCC(C)c1ccc(C(O)C(N)CCC(=O)O)cc1. The Bertz CT molecular complexity index is 402. The van der Waals surface area contributed by atoms with Crippen molar-refractivity contribution in [1.82, 2.24) is 0 Å². The topological polar surface area (TPSA) is 83.5 Å². The number of aliphatic hydroxyl groups is 1. The highest BCUT2D eigenvalue weighted by molar-refractivity contribution is 5.66. The zero-order valence-corrected chi connectivity index (χ0v) is 11.5. The van der Waals surface area contributed by atoms with Crippen molar-refractivity contribution < 1.29 is 15.0 Å². The third kappa shape index (κ3) is 4.65. The summed E-state index contributed by atoms with van der Waals surface area (Å²) in [4.78, 5) is 10.5. The Labute approximate surface area is 114 Å². The third-order valence-electron chi connectivity index (χ3n) is 3.56. The van der Waals surface area contributed by atoms with Crippen molar-refractivity contribution in [2.24, 2.45) is 5.73 Å². The minimum atomic E-state index is -0.894. The Hall–Kier alpha value is -1.39. The van der Waals surface area contributed by atoms with Gasteiger partial charge in [-0.1, -0.05) is 38.1 Å². The lowest BCUT2D eigenvalue weighted by Crippen LogP contribution is -2.29. The fourth-order valence-electron chi connectivity index (χ4n) is 1.95. The van der Waals surface area contributed by atoms with E-state index >= 15 is 0 Å². The summed E-state index contributed by atoms with van der Waals surface area (Å²) in [6.45, 7) is 4.29. The lowest BCUT2D eigenvalue weighted by atomic mass is 9.94. The molecular formula is C15H23NO3. The van der Waals surface area contributed by atoms with Gasteiger partial charge in [-0.2, -0.15) is 0 Å². The summed E-state index contributed by atoms with van der Waals surface area (Å²) >= 11 is 0. The minimum Gasteiger partial charge on any atom is -0.481 e. The molecule has 4 heteroatoms. The highest BCUT2D eigenvalue weighted by atomic mass is 16.4. The molecule has 4 nitrogen and oxygen atoms in total. The van der Waals surface area contributed by atoms with Gasteiger partial charge in [0.25, 0.3) is 0 Å². The second kappa shape index (κ2) is 7.26. The molecule has 0 radical (unpaired) electrons. The molecule has 0 fully saturated rings. The monoisotopic (exact) mass is 265 g/mol. The zero-order valence-electron chi connectivity index (χ0n) is 11.5. The average Bonchev–Trinajstić information content (AvgIpc) is 2.43. The maximum atomic E-state index is 10.5. The van der Waals surface area contributed by atoms with E-state index in [1.807, 2.05) is 24.3 Å². The van der Waals surface area contributed by atoms with E-state index in [1.54, 1.807) is 0 Å². The molecule has 106 valence electrons. The smallest absolute Gasteiger partial charge is 0.303 e. The molecule has 0 saturated carbocycles. The molecular weight excluding hydrogens is 242 g/mol. The fraction of sp³-hybridized carbons (Fsp3) is 0.533. The molecule has 0 heterocycles. The van der Waals surface area contributed by atoms with E-state index in [0.29, 0.717) is 5.92 Å². The van der Waals surface area contributed by atoms with Gasteiger partial charge in [0, 0.05) is 12.5 Å². The first-order valence-electron chi connectivity index (χ1n) is 6.71. The molecule has 0 saturated heterocycles. The number of hydrogen-bond donors (Lipinski definition) is 3. The molecule has 0 bridgehead atoms. The standard InChI is InChI=1S/C15H23NO3/c1-3-10(2)11-4-6-12(7-5-11)15(19)13(16)8-9-14(17)18/h4-7,10,13,15,19H,3,8-9,16H2,1-2H3,(H,17,18). The normalized spacial score (nSPS) is 15.8. The third-order valence-corrected chi connectivity index (χ3v) is 3.56. The van der Waals surface area contributed by atoms with Crippen molar-refractivity contribution in [3.63, 3.8) is 0 Å². The van der Waals surface area contributed by atoms with Crippen LogP contribution in [0.5, 0.6) is 0 Å². The number of aliphatic hydroxyl groups excluding tert-OH is 1. The first kappa shape index (κ1) is 15.7. The van der Waals surface area contributed by atoms with Gasteiger partial charge >= 0.3 is 5.97 Å². The molecule has 3 atom stereocenters. The molecule has 0 aliphatic carbocycles. The maximum absolute atomic E-state index is 10.5. The van der Waals surface area contributed by atoms with E-state index in [2.05, 4.69) is 13.8 Å². The summed E-state index contributed by atoms with van der Waals surface area (Å²) in [6.07, 6.45) is 0.498. The summed E-state index contributed by atoms with van der Waals surface area (Å²) in [7, 11) is 0. The summed E-state index contributed by atoms with van der Waals surface area (Å²) in [5, 5.41) is 18.7. The molecule has 0 amide bonds. The zero-order chi connectivity index (χ0) is 14.4. The lowest BCUT2D eigenvalue weighted by molar-refractivity contribution is -0.137. The highest BCUT2D eigenvalue weighted by Gasteiger charge is 2.18. The van der Waals surface area contributed by atoms with Gasteiger partial charge in [-0.3, -0.25) is 4.79 Å². The van der Waals surface area contributed by atoms with E-state index in [0.717, 1.165) is 12.0 Å². The Kier molecular flexibility index (Phi) is 5.99. The van der Waals surface area contributed by atoms with Gasteiger partial charge in [0.1, 0.15) is 0 Å². The van der Waals surface area contributed by atoms with Gasteiger partial charge in [-0.25, -0.2) is 0 Å². The van der Waals surface area contributed by atoms with Crippen LogP contribution in [0.1, 0.15) is 56.3 Å². The molecule has 3 unspecified atom stereocenters. The molecule has 1 aromatic rings. The largest absolute Gasteiger partial charge is 0.481 e. The average molecular weight is 265 g/mol. The maximum Gasteiger partial charge on any atom is 0.303 e. The Morgan fingerprint density at radius 2 is 1.79 bits per heavy atom. The number of aliphatic carboxylic acids is 1. The second-order valence-electron chi connectivity index (χ2n) is 5.02. The molecule has 0 aliphatic heterocycles. The van der Waals surface area contributed by atoms with E-state index in [9.17, 15) is 9.90 Å². The van der Waals surface area contributed by atoms with Crippen molar-refractivity contribution in [2.75, 3.05) is 0 Å². The number of nitrogens with two attached hydrogens (primary N) is 1. The van der Waals surface area contributed by atoms with Crippen LogP contribution in [0.2, 0.25) is 0 Å². The van der Waals surface area contributed by atoms with Crippen molar-refractivity contribution in [2.45, 2.75) is 51.2 Å². The highest BCUT2D eigenvalue weighted by Crippen LogP contribution is 2.23. The van der Waals surface area contributed by atoms with Gasteiger partial charge in [-0.15, -0.1) is 0 Å². The minimum absolute atomic E-state index is 0.0246.